The summed E-state index contributed by atoms with van der Waals surface area (Å²) in [5.41, 5.74) is 1.39. The van der Waals surface area contributed by atoms with Crippen LogP contribution < -0.4 is 14.5 Å². The molecule has 3 aromatic rings. The number of alkyl halides is 2. The molecule has 2 heterocycles. The summed E-state index contributed by atoms with van der Waals surface area (Å²) in [6.07, 6.45) is 1.60. The molecule has 12 heteroatoms. The number of ether oxygens (including phenoxy) is 1. The van der Waals surface area contributed by atoms with Gasteiger partial charge < -0.3 is 9.84 Å². The molecular formula is C35H27Cl2FN2O7. The van der Waals surface area contributed by atoms with Crippen molar-refractivity contribution >= 4 is 64.0 Å². The van der Waals surface area contributed by atoms with Crippen molar-refractivity contribution in [2.45, 2.75) is 35.4 Å². The van der Waals surface area contributed by atoms with Crippen LogP contribution in [0, 0.1) is 23.6 Å². The third kappa shape index (κ3) is 4.17. The van der Waals surface area contributed by atoms with Gasteiger partial charge in [-0.3, -0.25) is 28.9 Å². The summed E-state index contributed by atoms with van der Waals surface area (Å²) in [7, 11) is 1.36. The topological polar surface area (TPSA) is 121 Å². The molecule has 4 amide bonds. The molecule has 0 bridgehead atoms. The van der Waals surface area contributed by atoms with E-state index in [0.29, 0.717) is 16.8 Å². The Morgan fingerprint density at radius 3 is 2.17 bits per heavy atom. The lowest BCUT2D eigenvalue weighted by Crippen LogP contribution is -2.60. The molecule has 7 rings (SSSR count). The number of imide groups is 2. The largest absolute Gasteiger partial charge is 0.504 e. The minimum atomic E-state index is -2.20. The number of Topliss-reactive ketones (excluding diaryl/α,β-unsaturated/α-hetero) is 1. The Hall–Kier alpha value is -4.54. The minimum Gasteiger partial charge on any atom is -0.504 e. The maximum absolute atomic E-state index is 14.4. The molecule has 2 saturated heterocycles. The van der Waals surface area contributed by atoms with E-state index in [1.54, 1.807) is 18.2 Å². The van der Waals surface area contributed by atoms with Gasteiger partial charge in [-0.25, -0.2) is 9.29 Å². The predicted molar refractivity (Wildman–Crippen MR) is 170 cm³/mol. The number of amides is 4. The number of phenolic OH excluding ortho intramolecular Hbond substituents is 1. The fraction of sp³-hybridized carbons (Fsp3) is 0.286. The summed E-state index contributed by atoms with van der Waals surface area (Å²) < 4.78 is 19.2. The molecular weight excluding hydrogens is 650 g/mol. The monoisotopic (exact) mass is 676 g/mol. The van der Waals surface area contributed by atoms with Gasteiger partial charge >= 0.3 is 0 Å². The number of para-hydroxylation sites is 1. The van der Waals surface area contributed by atoms with Gasteiger partial charge in [0.25, 0.3) is 11.8 Å². The van der Waals surface area contributed by atoms with E-state index in [1.807, 2.05) is 0 Å². The summed E-state index contributed by atoms with van der Waals surface area (Å²) in [4.78, 5) is 66.2. The molecule has 6 unspecified atom stereocenters. The van der Waals surface area contributed by atoms with Crippen LogP contribution in [0.1, 0.15) is 41.6 Å². The molecule has 3 aromatic carbocycles. The van der Waals surface area contributed by atoms with E-state index in [9.17, 15) is 33.5 Å². The zero-order valence-corrected chi connectivity index (χ0v) is 26.6. The molecule has 2 aliphatic carbocycles. The Balaban J connectivity index is 1.39. The van der Waals surface area contributed by atoms with Gasteiger partial charge in [-0.15, -0.1) is 23.2 Å². The van der Waals surface area contributed by atoms with Gasteiger partial charge in [-0.1, -0.05) is 23.8 Å². The van der Waals surface area contributed by atoms with Gasteiger partial charge in [0.1, 0.15) is 5.82 Å². The molecule has 1 saturated carbocycles. The number of anilines is 2. The van der Waals surface area contributed by atoms with Crippen LogP contribution in [0.15, 0.2) is 78.4 Å². The highest BCUT2D eigenvalue weighted by atomic mass is 35.5. The lowest BCUT2D eigenvalue weighted by atomic mass is 9.56. The fourth-order valence-corrected chi connectivity index (χ4v) is 8.71. The SMILES string of the molecule is COc1cccc(C2C3=CCC4C(=O)N(c5ccc(C(C)=O)cc5)C(=O)C4C3CC3(Cl)C(=O)N(c4ccc(F)cc4)C(=O)C23Cl)c1O. The normalized spacial score (nSPS) is 29.8. The molecule has 4 aliphatic rings. The van der Waals surface area contributed by atoms with Gasteiger partial charge in [-0.2, -0.15) is 0 Å². The van der Waals surface area contributed by atoms with Crippen molar-refractivity contribution in [2.24, 2.45) is 17.8 Å². The first-order valence-corrected chi connectivity index (χ1v) is 15.7. The number of ketones is 1. The summed E-state index contributed by atoms with van der Waals surface area (Å²) in [6.45, 7) is 1.41. The lowest BCUT2D eigenvalue weighted by molar-refractivity contribution is -0.125. The number of carbonyl (C=O) groups is 5. The molecule has 9 nitrogen and oxygen atoms in total. The first-order valence-electron chi connectivity index (χ1n) is 14.9. The Morgan fingerprint density at radius 2 is 1.53 bits per heavy atom. The minimum absolute atomic E-state index is 0.0478. The van der Waals surface area contributed by atoms with Gasteiger partial charge in [0.15, 0.2) is 27.0 Å². The van der Waals surface area contributed by atoms with Crippen molar-refractivity contribution in [3.05, 3.63) is 95.3 Å². The molecule has 47 heavy (non-hydrogen) atoms. The highest BCUT2D eigenvalue weighted by molar-refractivity contribution is 6.58. The number of aromatic hydroxyl groups is 1. The second kappa shape index (κ2) is 10.7. The summed E-state index contributed by atoms with van der Waals surface area (Å²) in [6, 6.07) is 15.5. The number of phenols is 1. The number of fused-ring (bicyclic) bond motifs is 4. The van der Waals surface area contributed by atoms with E-state index in [0.717, 1.165) is 21.9 Å². The number of carbonyl (C=O) groups excluding carboxylic acids is 5. The van der Waals surface area contributed by atoms with E-state index in [-0.39, 0.29) is 41.4 Å². The first-order chi connectivity index (χ1) is 22.3. The Morgan fingerprint density at radius 1 is 0.894 bits per heavy atom. The zero-order valence-electron chi connectivity index (χ0n) is 25.1. The number of halogens is 3. The van der Waals surface area contributed by atoms with Gasteiger partial charge in [-0.05, 0) is 80.3 Å². The standard InChI is InChI=1S/C35H27Cl2FN2O7/c1-17(41)18-6-10-20(11-7-18)39-30(43)23-15-14-22-25(27(23)31(39)44)16-34(36)32(45)40(21-12-8-19(38)9-13-21)33(46)35(34,37)28(22)24-4-3-5-26(47-2)29(24)42/h3-14,23,25,27-28,42H,15-16H2,1-2H3. The predicted octanol–water partition coefficient (Wildman–Crippen LogP) is 5.51. The smallest absolute Gasteiger partial charge is 0.258 e. The number of allylic oxidation sites excluding steroid dienone is 2. The van der Waals surface area contributed by atoms with Crippen molar-refractivity contribution in [2.75, 3.05) is 16.9 Å². The van der Waals surface area contributed by atoms with E-state index >= 15 is 0 Å². The summed E-state index contributed by atoms with van der Waals surface area (Å²) in [5.74, 6) is -7.55. The molecule has 6 atom stereocenters. The summed E-state index contributed by atoms with van der Waals surface area (Å²) in [5, 5.41) is 11.4. The molecule has 0 aromatic heterocycles. The van der Waals surface area contributed by atoms with Crippen LogP contribution in [0.5, 0.6) is 11.5 Å². The number of rotatable bonds is 5. The van der Waals surface area contributed by atoms with E-state index in [4.69, 9.17) is 27.9 Å². The first kappa shape index (κ1) is 31.1. The Labute approximate surface area is 278 Å². The van der Waals surface area contributed by atoms with Gasteiger partial charge in [0.2, 0.25) is 11.8 Å². The van der Waals surface area contributed by atoms with Crippen LogP contribution in [0.3, 0.4) is 0 Å². The number of hydrogen-bond acceptors (Lipinski definition) is 7. The maximum atomic E-state index is 14.4. The second-order valence-electron chi connectivity index (χ2n) is 12.3. The van der Waals surface area contributed by atoms with Gasteiger partial charge in [0, 0.05) is 17.0 Å². The number of nitrogens with zero attached hydrogens (tertiary/aromatic N) is 2. The third-order valence-corrected chi connectivity index (χ3v) is 11.4. The summed E-state index contributed by atoms with van der Waals surface area (Å²) >= 11 is 14.7. The zero-order chi connectivity index (χ0) is 33.6. The van der Waals surface area contributed by atoms with Crippen LogP contribution >= 0.6 is 23.2 Å². The maximum Gasteiger partial charge on any atom is 0.258 e. The molecule has 0 spiro atoms. The van der Waals surface area contributed by atoms with Crippen LogP contribution in [0.4, 0.5) is 15.8 Å². The van der Waals surface area contributed by atoms with Crippen molar-refractivity contribution in [1.29, 1.82) is 0 Å². The van der Waals surface area contributed by atoms with Crippen molar-refractivity contribution in [3.63, 3.8) is 0 Å². The highest BCUT2D eigenvalue weighted by Crippen LogP contribution is 2.66. The van der Waals surface area contributed by atoms with E-state index < -0.39 is 62.9 Å². The van der Waals surface area contributed by atoms with Crippen LogP contribution in [-0.2, 0) is 19.2 Å². The second-order valence-corrected chi connectivity index (χ2v) is 13.5. The van der Waals surface area contributed by atoms with Crippen LogP contribution in [-0.4, -0.2) is 51.4 Å². The molecule has 1 N–H and O–H groups in total. The van der Waals surface area contributed by atoms with Crippen molar-refractivity contribution < 1.29 is 38.2 Å². The van der Waals surface area contributed by atoms with Crippen molar-refractivity contribution in [3.8, 4) is 11.5 Å². The van der Waals surface area contributed by atoms with E-state index in [1.165, 1.54) is 56.5 Å². The quantitative estimate of drug-likeness (QED) is 0.164. The number of hydrogen-bond donors (Lipinski definition) is 1. The lowest BCUT2D eigenvalue weighted by Gasteiger charge is -2.50. The third-order valence-electron chi connectivity index (χ3n) is 9.99. The average molecular weight is 678 g/mol. The molecule has 3 fully saturated rings. The molecule has 240 valence electrons. The molecule has 0 radical (unpaired) electrons. The van der Waals surface area contributed by atoms with Crippen molar-refractivity contribution in [1.82, 2.24) is 0 Å². The molecule has 2 aliphatic heterocycles. The van der Waals surface area contributed by atoms with Gasteiger partial charge in [0.05, 0.1) is 30.3 Å². The van der Waals surface area contributed by atoms with Crippen LogP contribution in [0.2, 0.25) is 0 Å². The number of methoxy groups -OCH3 is 1. The highest BCUT2D eigenvalue weighted by Gasteiger charge is 2.77. The fourth-order valence-electron chi connectivity index (χ4n) is 7.78. The number of benzene rings is 3. The Kier molecular flexibility index (Phi) is 7.11. The van der Waals surface area contributed by atoms with Crippen LogP contribution in [0.25, 0.3) is 0 Å². The Bertz CT molecular complexity index is 1930. The van der Waals surface area contributed by atoms with E-state index in [2.05, 4.69) is 0 Å². The average Bonchev–Trinajstić information content (AvgIpc) is 3.39.